The second kappa shape index (κ2) is 13.1. The van der Waals surface area contributed by atoms with E-state index in [1.54, 1.807) is 7.11 Å². The summed E-state index contributed by atoms with van der Waals surface area (Å²) in [6.45, 7) is 2.22. The second-order valence-corrected chi connectivity index (χ2v) is 7.09. The Hall–Kier alpha value is -1.13. The van der Waals surface area contributed by atoms with E-state index >= 15 is 0 Å². The van der Waals surface area contributed by atoms with Gasteiger partial charge in [0.05, 0.1) is 12.2 Å². The minimum Gasteiger partial charge on any atom is -0.481 e. The molecule has 2 N–H and O–H groups in total. The normalized spacial score (nSPS) is 26.8. The van der Waals surface area contributed by atoms with E-state index in [2.05, 4.69) is 31.2 Å². The molecule has 0 amide bonds. The van der Waals surface area contributed by atoms with E-state index in [-0.39, 0.29) is 24.5 Å². The number of hydrogen-bond donors (Lipinski definition) is 2. The molecule has 1 aliphatic rings. The molecule has 0 bridgehead atoms. The highest BCUT2D eigenvalue weighted by atomic mass is 16.5. The van der Waals surface area contributed by atoms with E-state index in [9.17, 15) is 9.90 Å². The van der Waals surface area contributed by atoms with Crippen molar-refractivity contribution in [2.75, 3.05) is 7.11 Å². The lowest BCUT2D eigenvalue weighted by Gasteiger charge is -2.21. The van der Waals surface area contributed by atoms with Crippen molar-refractivity contribution in [2.24, 2.45) is 11.8 Å². The molecule has 144 valence electrons. The fraction of sp³-hybridized carbons (Fsp3) is 0.762. The molecule has 0 heterocycles. The number of allylic oxidation sites excluding steroid dienone is 3. The van der Waals surface area contributed by atoms with E-state index in [0.29, 0.717) is 18.8 Å². The van der Waals surface area contributed by atoms with Gasteiger partial charge in [0.15, 0.2) is 0 Å². The Morgan fingerprint density at radius 3 is 2.56 bits per heavy atom. The van der Waals surface area contributed by atoms with Gasteiger partial charge in [-0.1, -0.05) is 50.5 Å². The summed E-state index contributed by atoms with van der Waals surface area (Å²) in [7, 11) is 1.72. The summed E-state index contributed by atoms with van der Waals surface area (Å²) in [6, 6.07) is 0. The first-order valence-electron chi connectivity index (χ1n) is 9.84. The lowest BCUT2D eigenvalue weighted by atomic mass is 9.89. The lowest BCUT2D eigenvalue weighted by molar-refractivity contribution is -0.137. The number of carbonyl (C=O) groups is 1. The fourth-order valence-electron chi connectivity index (χ4n) is 3.64. The van der Waals surface area contributed by atoms with Crippen molar-refractivity contribution < 1.29 is 19.7 Å². The third kappa shape index (κ3) is 8.68. The summed E-state index contributed by atoms with van der Waals surface area (Å²) >= 11 is 0. The number of unbranched alkanes of at least 4 members (excludes halogenated alkanes) is 5. The van der Waals surface area contributed by atoms with Gasteiger partial charge in [-0.15, -0.1) is 0 Å². The maximum atomic E-state index is 10.5. The summed E-state index contributed by atoms with van der Waals surface area (Å²) in [4.78, 5) is 10.5. The van der Waals surface area contributed by atoms with Crippen LogP contribution in [0.4, 0.5) is 0 Å². The van der Waals surface area contributed by atoms with E-state index in [1.165, 1.54) is 25.7 Å². The third-order valence-corrected chi connectivity index (χ3v) is 5.11. The standard InChI is InChI=1S/C21H36O4/c1-3-4-5-6-7-10-13-17-18(20(25-2)16-19(17)22)14-11-8-9-12-15-21(23)24/h8,10-11,13,17-20,22H,3-7,9,12,14-16H2,1-2H3,(H,23,24)/b11-8-,13-10+/t17-,18?,19-,20+/m1/s1. The number of rotatable bonds is 13. The van der Waals surface area contributed by atoms with Crippen molar-refractivity contribution in [3.63, 3.8) is 0 Å². The minimum atomic E-state index is -0.740. The van der Waals surface area contributed by atoms with Crippen LogP contribution in [0, 0.1) is 11.8 Å². The number of aliphatic hydroxyl groups excluding tert-OH is 1. The summed E-state index contributed by atoms with van der Waals surface area (Å²) < 4.78 is 5.59. The van der Waals surface area contributed by atoms with Crippen LogP contribution in [-0.2, 0) is 9.53 Å². The highest BCUT2D eigenvalue weighted by molar-refractivity contribution is 5.66. The molecule has 1 unspecified atom stereocenters. The summed E-state index contributed by atoms with van der Waals surface area (Å²) in [5.74, 6) is -0.293. The molecule has 0 saturated heterocycles. The first-order chi connectivity index (χ1) is 12.1. The van der Waals surface area contributed by atoms with Crippen molar-refractivity contribution in [3.8, 4) is 0 Å². The monoisotopic (exact) mass is 352 g/mol. The molecule has 0 spiro atoms. The van der Waals surface area contributed by atoms with Crippen LogP contribution in [0.25, 0.3) is 0 Å². The zero-order chi connectivity index (χ0) is 18.5. The maximum Gasteiger partial charge on any atom is 0.303 e. The molecule has 4 heteroatoms. The Labute approximate surface area is 153 Å². The Bertz CT molecular complexity index is 416. The molecule has 0 aromatic rings. The van der Waals surface area contributed by atoms with Gasteiger partial charge < -0.3 is 14.9 Å². The van der Waals surface area contributed by atoms with Crippen LogP contribution < -0.4 is 0 Å². The molecule has 1 saturated carbocycles. The average Bonchev–Trinajstić information content (AvgIpc) is 2.89. The number of carboxylic acid groups (broad SMARTS) is 1. The topological polar surface area (TPSA) is 66.8 Å². The summed E-state index contributed by atoms with van der Waals surface area (Å²) in [5.41, 5.74) is 0. The van der Waals surface area contributed by atoms with Crippen LogP contribution in [-0.4, -0.2) is 35.5 Å². The number of methoxy groups -OCH3 is 1. The second-order valence-electron chi connectivity index (χ2n) is 7.09. The van der Waals surface area contributed by atoms with Crippen molar-refractivity contribution in [1.29, 1.82) is 0 Å². The van der Waals surface area contributed by atoms with E-state index in [0.717, 1.165) is 19.3 Å². The Balaban J connectivity index is 2.45. The Kier molecular flexibility index (Phi) is 11.5. The van der Waals surface area contributed by atoms with Gasteiger partial charge in [0.1, 0.15) is 0 Å². The number of carboxylic acids is 1. The predicted molar refractivity (Wildman–Crippen MR) is 102 cm³/mol. The number of aliphatic hydroxyl groups is 1. The lowest BCUT2D eigenvalue weighted by Crippen LogP contribution is -2.21. The third-order valence-electron chi connectivity index (χ3n) is 5.11. The molecule has 0 aromatic heterocycles. The molecule has 4 nitrogen and oxygen atoms in total. The van der Waals surface area contributed by atoms with Crippen LogP contribution in [0.1, 0.15) is 71.1 Å². The van der Waals surface area contributed by atoms with E-state index < -0.39 is 5.97 Å². The van der Waals surface area contributed by atoms with Gasteiger partial charge in [0.25, 0.3) is 0 Å². The highest BCUT2D eigenvalue weighted by Crippen LogP contribution is 2.38. The molecule has 0 aliphatic heterocycles. The maximum absolute atomic E-state index is 10.5. The molecule has 1 fully saturated rings. The van der Waals surface area contributed by atoms with Gasteiger partial charge in [-0.2, -0.15) is 0 Å². The minimum absolute atomic E-state index is 0.0911. The van der Waals surface area contributed by atoms with E-state index in [1.807, 2.05) is 0 Å². The van der Waals surface area contributed by atoms with E-state index in [4.69, 9.17) is 9.84 Å². The van der Waals surface area contributed by atoms with Gasteiger partial charge in [-0.25, -0.2) is 0 Å². The predicted octanol–water partition coefficient (Wildman–Crippen LogP) is 4.73. The summed E-state index contributed by atoms with van der Waals surface area (Å²) in [5, 5.41) is 19.0. The van der Waals surface area contributed by atoms with Crippen molar-refractivity contribution in [1.82, 2.24) is 0 Å². The molecule has 0 radical (unpaired) electrons. The molecular weight excluding hydrogens is 316 g/mol. The molecule has 1 aliphatic carbocycles. The number of ether oxygens (including phenoxy) is 1. The van der Waals surface area contributed by atoms with Gasteiger partial charge in [0, 0.05) is 25.9 Å². The van der Waals surface area contributed by atoms with Gasteiger partial charge in [-0.05, 0) is 38.0 Å². The van der Waals surface area contributed by atoms with Gasteiger partial charge in [-0.3, -0.25) is 4.79 Å². The first-order valence-corrected chi connectivity index (χ1v) is 9.84. The SMILES string of the molecule is CCCCCC/C=C/[C@@H]1C(C/C=C\CCCC(=O)O)[C@@H](OC)C[C@H]1O. The van der Waals surface area contributed by atoms with Gasteiger partial charge in [0.2, 0.25) is 0 Å². The number of aliphatic carboxylic acids is 1. The quantitative estimate of drug-likeness (QED) is 0.371. The summed E-state index contributed by atoms with van der Waals surface area (Å²) in [6.07, 6.45) is 17.7. The Morgan fingerprint density at radius 1 is 1.12 bits per heavy atom. The van der Waals surface area contributed by atoms with Crippen molar-refractivity contribution >= 4 is 5.97 Å². The molecular formula is C21H36O4. The first kappa shape index (κ1) is 21.9. The van der Waals surface area contributed by atoms with Crippen LogP contribution in [0.2, 0.25) is 0 Å². The largest absolute Gasteiger partial charge is 0.481 e. The van der Waals surface area contributed by atoms with Crippen LogP contribution >= 0.6 is 0 Å². The average molecular weight is 353 g/mol. The number of hydrogen-bond acceptors (Lipinski definition) is 3. The molecule has 0 aromatic carbocycles. The van der Waals surface area contributed by atoms with Gasteiger partial charge >= 0.3 is 5.97 Å². The van der Waals surface area contributed by atoms with Crippen LogP contribution in [0.5, 0.6) is 0 Å². The molecule has 25 heavy (non-hydrogen) atoms. The fourth-order valence-corrected chi connectivity index (χ4v) is 3.64. The smallest absolute Gasteiger partial charge is 0.303 e. The zero-order valence-corrected chi connectivity index (χ0v) is 15.9. The van der Waals surface area contributed by atoms with Crippen molar-refractivity contribution in [3.05, 3.63) is 24.3 Å². The van der Waals surface area contributed by atoms with Crippen molar-refractivity contribution in [2.45, 2.75) is 83.3 Å². The molecule has 1 rings (SSSR count). The van der Waals surface area contributed by atoms with Crippen LogP contribution in [0.15, 0.2) is 24.3 Å². The van der Waals surface area contributed by atoms with Crippen LogP contribution in [0.3, 0.4) is 0 Å². The highest BCUT2D eigenvalue weighted by Gasteiger charge is 2.40. The zero-order valence-electron chi connectivity index (χ0n) is 15.9. The Morgan fingerprint density at radius 2 is 1.88 bits per heavy atom. The molecule has 4 atom stereocenters.